The highest BCUT2D eigenvalue weighted by Crippen LogP contribution is 2.34. The Morgan fingerprint density at radius 2 is 1.96 bits per heavy atom. The van der Waals surface area contributed by atoms with Crippen LogP contribution < -0.4 is 15.3 Å². The lowest BCUT2D eigenvalue weighted by Crippen LogP contribution is -2.11. The van der Waals surface area contributed by atoms with Crippen LogP contribution in [0.15, 0.2) is 46.4 Å². The molecule has 0 radical (unpaired) electrons. The zero-order chi connectivity index (χ0) is 17.0. The predicted octanol–water partition coefficient (Wildman–Crippen LogP) is 2.15. The van der Waals surface area contributed by atoms with Gasteiger partial charge in [-0.25, -0.2) is 13.6 Å². The molecule has 4 N–H and O–H groups in total. The molecule has 0 unspecified atom stereocenters. The standard InChI is InChI=1S/C14H14ClN3O4S/c1-22-13-7-9(6-12(15)14(13)19)8-17-18-10-2-4-11(5-3-10)23(16,20)21/h2-8,18-19H,1H3,(H2,16,20,21). The highest BCUT2D eigenvalue weighted by molar-refractivity contribution is 7.89. The molecule has 2 aromatic carbocycles. The van der Waals surface area contributed by atoms with E-state index < -0.39 is 10.0 Å². The van der Waals surface area contributed by atoms with Crippen LogP contribution >= 0.6 is 11.6 Å². The van der Waals surface area contributed by atoms with Crippen molar-refractivity contribution in [2.45, 2.75) is 4.90 Å². The molecule has 2 aromatic rings. The number of nitrogens with zero attached hydrogens (tertiary/aromatic N) is 1. The SMILES string of the molecule is COc1cc(C=NNc2ccc(S(N)(=O)=O)cc2)cc(Cl)c1O. The van der Waals surface area contributed by atoms with Crippen LogP contribution in [0.3, 0.4) is 0 Å². The number of benzene rings is 2. The maximum atomic E-state index is 11.1. The van der Waals surface area contributed by atoms with Gasteiger partial charge in [0, 0.05) is 0 Å². The zero-order valence-corrected chi connectivity index (χ0v) is 13.6. The van der Waals surface area contributed by atoms with Crippen molar-refractivity contribution in [2.75, 3.05) is 12.5 Å². The van der Waals surface area contributed by atoms with Crippen molar-refractivity contribution < 1.29 is 18.3 Å². The number of aromatic hydroxyl groups is 1. The molecule has 0 aliphatic carbocycles. The monoisotopic (exact) mass is 355 g/mol. The van der Waals surface area contributed by atoms with Gasteiger partial charge in [0.2, 0.25) is 10.0 Å². The Hall–Kier alpha value is -2.29. The normalized spacial score (nSPS) is 11.6. The number of ether oxygens (including phenoxy) is 1. The first kappa shape index (κ1) is 17.1. The largest absolute Gasteiger partial charge is 0.503 e. The maximum Gasteiger partial charge on any atom is 0.238 e. The molecule has 0 saturated heterocycles. The molecule has 0 fully saturated rings. The van der Waals surface area contributed by atoms with Gasteiger partial charge in [0.25, 0.3) is 0 Å². The summed E-state index contributed by atoms with van der Waals surface area (Å²) in [4.78, 5) is 0.0158. The predicted molar refractivity (Wildman–Crippen MR) is 88.7 cm³/mol. The third kappa shape index (κ3) is 4.35. The Balaban J connectivity index is 2.12. The zero-order valence-electron chi connectivity index (χ0n) is 12.0. The van der Waals surface area contributed by atoms with Crippen molar-refractivity contribution in [3.63, 3.8) is 0 Å². The highest BCUT2D eigenvalue weighted by atomic mass is 35.5. The molecule has 7 nitrogen and oxygen atoms in total. The van der Waals surface area contributed by atoms with Gasteiger partial charge in [0.05, 0.1) is 28.9 Å². The van der Waals surface area contributed by atoms with Gasteiger partial charge in [-0.2, -0.15) is 5.10 Å². The maximum absolute atomic E-state index is 11.1. The molecule has 122 valence electrons. The molecule has 0 aliphatic heterocycles. The Bertz CT molecular complexity index is 836. The summed E-state index contributed by atoms with van der Waals surface area (Å²) in [5.41, 5.74) is 3.91. The van der Waals surface area contributed by atoms with E-state index in [1.54, 1.807) is 6.07 Å². The Kier molecular flexibility index (Phi) is 5.09. The van der Waals surface area contributed by atoms with Gasteiger partial charge < -0.3 is 9.84 Å². The number of rotatable bonds is 5. The minimum atomic E-state index is -3.72. The summed E-state index contributed by atoms with van der Waals surface area (Å²) in [6.07, 6.45) is 1.47. The molecule has 0 spiro atoms. The second-order valence-electron chi connectivity index (χ2n) is 4.49. The smallest absolute Gasteiger partial charge is 0.238 e. The first-order valence-electron chi connectivity index (χ1n) is 6.29. The topological polar surface area (TPSA) is 114 Å². The van der Waals surface area contributed by atoms with Crippen LogP contribution in [0.1, 0.15) is 5.56 Å². The number of primary sulfonamides is 1. The summed E-state index contributed by atoms with van der Waals surface area (Å²) in [5, 5.41) is 18.8. The average molecular weight is 356 g/mol. The van der Waals surface area contributed by atoms with Gasteiger partial charge >= 0.3 is 0 Å². The van der Waals surface area contributed by atoms with E-state index in [0.717, 1.165) is 0 Å². The summed E-state index contributed by atoms with van der Waals surface area (Å²) in [6, 6.07) is 8.88. The molecule has 0 amide bonds. The lowest BCUT2D eigenvalue weighted by atomic mass is 10.2. The summed E-state index contributed by atoms with van der Waals surface area (Å²) in [7, 11) is -2.30. The third-order valence-corrected chi connectivity index (χ3v) is 4.08. The quantitative estimate of drug-likeness (QED) is 0.561. The van der Waals surface area contributed by atoms with Gasteiger partial charge in [-0.3, -0.25) is 5.43 Å². The van der Waals surface area contributed by atoms with Crippen LogP contribution in [-0.2, 0) is 10.0 Å². The van der Waals surface area contributed by atoms with E-state index in [1.807, 2.05) is 0 Å². The van der Waals surface area contributed by atoms with Crippen molar-refractivity contribution in [1.29, 1.82) is 0 Å². The summed E-state index contributed by atoms with van der Waals surface area (Å²) in [6.45, 7) is 0. The first-order chi connectivity index (χ1) is 10.8. The molecule has 0 heterocycles. The van der Waals surface area contributed by atoms with Crippen LogP contribution in [0.5, 0.6) is 11.5 Å². The van der Waals surface area contributed by atoms with Crippen LogP contribution in [0.25, 0.3) is 0 Å². The molecule has 0 saturated carbocycles. The molecule has 23 heavy (non-hydrogen) atoms. The number of phenolic OH excluding ortho intramolecular Hbond substituents is 1. The number of hydrazone groups is 1. The van der Waals surface area contributed by atoms with Crippen LogP contribution in [0.2, 0.25) is 5.02 Å². The number of nitrogens with two attached hydrogens (primary N) is 1. The summed E-state index contributed by atoms with van der Waals surface area (Å²) < 4.78 is 27.3. The van der Waals surface area contributed by atoms with Crippen LogP contribution in [0, 0.1) is 0 Å². The van der Waals surface area contributed by atoms with E-state index in [-0.39, 0.29) is 21.4 Å². The molecule has 9 heteroatoms. The summed E-state index contributed by atoms with van der Waals surface area (Å²) >= 11 is 5.87. The van der Waals surface area contributed by atoms with Crippen molar-refractivity contribution >= 4 is 33.5 Å². The fourth-order valence-corrected chi connectivity index (χ4v) is 2.46. The van der Waals surface area contributed by atoms with Crippen molar-refractivity contribution in [2.24, 2.45) is 10.2 Å². The lowest BCUT2D eigenvalue weighted by Gasteiger charge is -2.06. The minimum absolute atomic E-state index is 0.0158. The molecule has 2 rings (SSSR count). The minimum Gasteiger partial charge on any atom is -0.503 e. The third-order valence-electron chi connectivity index (χ3n) is 2.86. The lowest BCUT2D eigenvalue weighted by molar-refractivity contribution is 0.373. The molecule has 0 aromatic heterocycles. The first-order valence-corrected chi connectivity index (χ1v) is 8.22. The second kappa shape index (κ2) is 6.86. The van der Waals surface area contributed by atoms with E-state index in [0.29, 0.717) is 11.3 Å². The fraction of sp³-hybridized carbons (Fsp3) is 0.0714. The van der Waals surface area contributed by atoms with E-state index in [2.05, 4.69) is 10.5 Å². The van der Waals surface area contributed by atoms with Crippen LogP contribution in [0.4, 0.5) is 5.69 Å². The number of halogens is 1. The Morgan fingerprint density at radius 1 is 1.30 bits per heavy atom. The Morgan fingerprint density at radius 3 is 2.52 bits per heavy atom. The molecule has 0 bridgehead atoms. The molecule has 0 atom stereocenters. The number of hydrogen-bond donors (Lipinski definition) is 3. The number of hydrogen-bond acceptors (Lipinski definition) is 6. The fourth-order valence-electron chi connectivity index (χ4n) is 1.72. The number of methoxy groups -OCH3 is 1. The van der Waals surface area contributed by atoms with Crippen molar-refractivity contribution in [3.8, 4) is 11.5 Å². The van der Waals surface area contributed by atoms with Gasteiger partial charge in [0.1, 0.15) is 0 Å². The van der Waals surface area contributed by atoms with Crippen LogP contribution in [-0.4, -0.2) is 26.8 Å². The second-order valence-corrected chi connectivity index (χ2v) is 6.46. The molecular weight excluding hydrogens is 342 g/mol. The van der Waals surface area contributed by atoms with E-state index in [9.17, 15) is 13.5 Å². The number of nitrogens with one attached hydrogen (secondary N) is 1. The molecular formula is C14H14ClN3O4S. The average Bonchev–Trinajstić information content (AvgIpc) is 2.50. The Labute approximate surface area is 138 Å². The van der Waals surface area contributed by atoms with E-state index >= 15 is 0 Å². The van der Waals surface area contributed by atoms with Gasteiger partial charge in [-0.15, -0.1) is 0 Å². The highest BCUT2D eigenvalue weighted by Gasteiger charge is 2.08. The summed E-state index contributed by atoms with van der Waals surface area (Å²) in [5.74, 6) is 0.0920. The van der Waals surface area contributed by atoms with Gasteiger partial charge in [-0.05, 0) is 42.0 Å². The van der Waals surface area contributed by atoms with Crippen molar-refractivity contribution in [1.82, 2.24) is 0 Å². The molecule has 0 aliphatic rings. The van der Waals surface area contributed by atoms with Gasteiger partial charge in [-0.1, -0.05) is 11.6 Å². The van der Waals surface area contributed by atoms with Gasteiger partial charge in [0.15, 0.2) is 11.5 Å². The van der Waals surface area contributed by atoms with E-state index in [4.69, 9.17) is 21.5 Å². The number of phenols is 1. The number of sulfonamides is 1. The van der Waals surface area contributed by atoms with E-state index in [1.165, 1.54) is 43.7 Å². The van der Waals surface area contributed by atoms with Crippen molar-refractivity contribution in [3.05, 3.63) is 47.0 Å². The number of anilines is 1.